The van der Waals surface area contributed by atoms with Crippen LogP contribution in [0.3, 0.4) is 0 Å². The van der Waals surface area contributed by atoms with Crippen molar-refractivity contribution in [3.8, 4) is 0 Å². The third kappa shape index (κ3) is 4.01. The molecule has 3 aliphatic heterocycles. The van der Waals surface area contributed by atoms with E-state index in [1.165, 1.54) is 6.07 Å². The van der Waals surface area contributed by atoms with Crippen LogP contribution in [0.1, 0.15) is 44.1 Å². The smallest absolute Gasteiger partial charge is 0.329 e. The lowest BCUT2D eigenvalue weighted by molar-refractivity contribution is -0.156. The number of benzene rings is 1. The number of carbonyl (C=O) groups is 2. The van der Waals surface area contributed by atoms with Crippen molar-refractivity contribution >= 4 is 27.7 Å². The van der Waals surface area contributed by atoms with Crippen LogP contribution in [0.5, 0.6) is 0 Å². The van der Waals surface area contributed by atoms with Crippen LogP contribution in [0.2, 0.25) is 0 Å². The Labute approximate surface area is 170 Å². The maximum Gasteiger partial charge on any atom is 0.329 e. The number of hydrogen-bond acceptors (Lipinski definition) is 6. The van der Waals surface area contributed by atoms with Crippen LogP contribution in [0.15, 0.2) is 33.6 Å². The van der Waals surface area contributed by atoms with Gasteiger partial charge in [0.15, 0.2) is 12.4 Å². The van der Waals surface area contributed by atoms with Gasteiger partial charge in [0.25, 0.3) is 15.9 Å². The molecular weight excluding hydrogens is 394 g/mol. The highest BCUT2D eigenvalue weighted by Crippen LogP contribution is 2.31. The molecule has 1 aromatic carbocycles. The van der Waals surface area contributed by atoms with E-state index in [4.69, 9.17) is 4.74 Å². The molecule has 0 bridgehead atoms. The number of likely N-dealkylation sites (tertiary alicyclic amines) is 2. The number of rotatable bonds is 3. The second kappa shape index (κ2) is 8.14. The summed E-state index contributed by atoms with van der Waals surface area (Å²) in [7, 11) is -3.76. The number of esters is 1. The number of ether oxygens (including phenoxy) is 1. The fraction of sp³-hybridized carbons (Fsp3) is 0.550. The molecular formula is C20H25N3O5S. The van der Waals surface area contributed by atoms with E-state index in [9.17, 15) is 18.0 Å². The predicted octanol–water partition coefficient (Wildman–Crippen LogP) is 1.55. The molecule has 156 valence electrons. The molecule has 3 heterocycles. The summed E-state index contributed by atoms with van der Waals surface area (Å²) in [5.74, 6) is -0.379. The number of fused-ring (bicyclic) bond motifs is 1. The number of sulfonamides is 1. The van der Waals surface area contributed by atoms with Crippen molar-refractivity contribution in [1.82, 2.24) is 9.80 Å². The molecule has 3 aliphatic rings. The first kappa shape index (κ1) is 19.9. The Morgan fingerprint density at radius 2 is 1.76 bits per heavy atom. The Morgan fingerprint density at radius 3 is 2.55 bits per heavy atom. The SMILES string of the molecule is O=C(OCC(=O)N1CCCCC1)[C@H]1CCCCN1C1=NS(=O)(=O)c2ccccc21. The first-order valence-corrected chi connectivity index (χ1v) is 11.6. The first-order valence-electron chi connectivity index (χ1n) is 10.1. The van der Waals surface area contributed by atoms with Gasteiger partial charge in [-0.1, -0.05) is 12.1 Å². The van der Waals surface area contributed by atoms with Gasteiger partial charge in [0.2, 0.25) is 0 Å². The highest BCUT2D eigenvalue weighted by atomic mass is 32.2. The number of nitrogens with zero attached hydrogens (tertiary/aromatic N) is 3. The van der Waals surface area contributed by atoms with Crippen LogP contribution in [0.25, 0.3) is 0 Å². The second-order valence-electron chi connectivity index (χ2n) is 7.64. The molecule has 0 N–H and O–H groups in total. The molecule has 2 saturated heterocycles. The van der Waals surface area contributed by atoms with Gasteiger partial charge in [0.1, 0.15) is 10.9 Å². The summed E-state index contributed by atoms with van der Waals surface area (Å²) in [6.45, 7) is 1.65. The summed E-state index contributed by atoms with van der Waals surface area (Å²) in [6, 6.07) is 6.00. The van der Waals surface area contributed by atoms with Gasteiger partial charge in [-0.05, 0) is 50.7 Å². The summed E-state index contributed by atoms with van der Waals surface area (Å²) in [5, 5.41) is 0. The van der Waals surface area contributed by atoms with Crippen molar-refractivity contribution in [2.75, 3.05) is 26.2 Å². The summed E-state index contributed by atoms with van der Waals surface area (Å²) in [6.07, 6.45) is 5.27. The van der Waals surface area contributed by atoms with Crippen molar-refractivity contribution in [2.24, 2.45) is 4.40 Å². The van der Waals surface area contributed by atoms with Crippen molar-refractivity contribution in [3.05, 3.63) is 29.8 Å². The minimum absolute atomic E-state index is 0.160. The van der Waals surface area contributed by atoms with Crippen LogP contribution in [0.4, 0.5) is 0 Å². The Morgan fingerprint density at radius 1 is 1.03 bits per heavy atom. The van der Waals surface area contributed by atoms with Gasteiger partial charge in [0, 0.05) is 25.2 Å². The minimum atomic E-state index is -3.76. The third-order valence-corrected chi connectivity index (χ3v) is 7.03. The fourth-order valence-corrected chi connectivity index (χ4v) is 5.41. The van der Waals surface area contributed by atoms with E-state index in [0.717, 1.165) is 32.1 Å². The standard InChI is InChI=1S/C20H25N3O5S/c24-18(22-11-5-1-6-12-22)14-28-20(25)16-9-4-7-13-23(16)19-15-8-2-3-10-17(15)29(26,27)21-19/h2-3,8,10,16H,1,4-7,9,11-14H2/t16-/m1/s1. The van der Waals surface area contributed by atoms with Crippen molar-refractivity contribution in [2.45, 2.75) is 49.5 Å². The number of amidine groups is 1. The predicted molar refractivity (Wildman–Crippen MR) is 106 cm³/mol. The van der Waals surface area contributed by atoms with E-state index < -0.39 is 22.0 Å². The van der Waals surface area contributed by atoms with E-state index in [1.54, 1.807) is 28.0 Å². The quantitative estimate of drug-likeness (QED) is 0.690. The van der Waals surface area contributed by atoms with Crippen LogP contribution in [-0.2, 0) is 24.3 Å². The molecule has 0 aliphatic carbocycles. The average molecular weight is 420 g/mol. The van der Waals surface area contributed by atoms with E-state index in [0.29, 0.717) is 37.5 Å². The number of amides is 1. The molecule has 0 unspecified atom stereocenters. The third-order valence-electron chi connectivity index (χ3n) is 5.71. The van der Waals surface area contributed by atoms with Gasteiger partial charge < -0.3 is 14.5 Å². The second-order valence-corrected chi connectivity index (χ2v) is 9.21. The van der Waals surface area contributed by atoms with Crippen LogP contribution < -0.4 is 0 Å². The number of carbonyl (C=O) groups excluding carboxylic acids is 2. The van der Waals surface area contributed by atoms with Crippen LogP contribution in [-0.4, -0.2) is 68.2 Å². The molecule has 0 spiro atoms. The van der Waals surface area contributed by atoms with E-state index in [1.807, 2.05) is 0 Å². The van der Waals surface area contributed by atoms with Crippen molar-refractivity contribution < 1.29 is 22.7 Å². The highest BCUT2D eigenvalue weighted by Gasteiger charge is 2.38. The van der Waals surface area contributed by atoms with Crippen LogP contribution in [0, 0.1) is 0 Å². The zero-order valence-electron chi connectivity index (χ0n) is 16.2. The lowest BCUT2D eigenvalue weighted by Crippen LogP contribution is -2.49. The fourth-order valence-electron chi connectivity index (χ4n) is 4.19. The molecule has 0 saturated carbocycles. The minimum Gasteiger partial charge on any atom is -0.454 e. The molecule has 4 rings (SSSR count). The van der Waals surface area contributed by atoms with Gasteiger partial charge in [-0.2, -0.15) is 8.42 Å². The molecule has 1 atom stereocenters. The highest BCUT2D eigenvalue weighted by molar-refractivity contribution is 7.90. The molecule has 0 radical (unpaired) electrons. The zero-order valence-corrected chi connectivity index (χ0v) is 17.1. The topological polar surface area (TPSA) is 96.3 Å². The van der Waals surface area contributed by atoms with Gasteiger partial charge in [0.05, 0.1) is 0 Å². The Balaban J connectivity index is 1.48. The Kier molecular flexibility index (Phi) is 5.58. The van der Waals surface area contributed by atoms with Gasteiger partial charge in [-0.15, -0.1) is 4.40 Å². The normalized spacial score (nSPS) is 23.3. The zero-order chi connectivity index (χ0) is 20.4. The summed E-state index contributed by atoms with van der Waals surface area (Å²) >= 11 is 0. The Hall–Kier alpha value is -2.42. The first-order chi connectivity index (χ1) is 14.0. The summed E-state index contributed by atoms with van der Waals surface area (Å²) < 4.78 is 34.1. The maximum absolute atomic E-state index is 12.8. The lowest BCUT2D eigenvalue weighted by Gasteiger charge is -2.35. The maximum atomic E-state index is 12.8. The van der Waals surface area contributed by atoms with E-state index >= 15 is 0 Å². The number of piperidine rings is 2. The van der Waals surface area contributed by atoms with Gasteiger partial charge in [-0.3, -0.25) is 4.79 Å². The molecule has 0 aromatic heterocycles. The summed E-state index contributed by atoms with van der Waals surface area (Å²) in [5.41, 5.74) is 0.511. The summed E-state index contributed by atoms with van der Waals surface area (Å²) in [4.78, 5) is 28.7. The molecule has 8 nitrogen and oxygen atoms in total. The average Bonchev–Trinajstić information content (AvgIpc) is 3.03. The van der Waals surface area contributed by atoms with Gasteiger partial charge in [-0.25, -0.2) is 4.79 Å². The van der Waals surface area contributed by atoms with Crippen molar-refractivity contribution in [1.29, 1.82) is 0 Å². The lowest BCUT2D eigenvalue weighted by atomic mass is 10.0. The van der Waals surface area contributed by atoms with E-state index in [2.05, 4.69) is 4.40 Å². The monoisotopic (exact) mass is 419 g/mol. The van der Waals surface area contributed by atoms with Crippen molar-refractivity contribution in [3.63, 3.8) is 0 Å². The van der Waals surface area contributed by atoms with E-state index in [-0.39, 0.29) is 17.4 Å². The Bertz CT molecular complexity index is 937. The molecule has 9 heteroatoms. The van der Waals surface area contributed by atoms with Gasteiger partial charge >= 0.3 is 5.97 Å². The molecule has 1 amide bonds. The largest absolute Gasteiger partial charge is 0.454 e. The molecule has 1 aromatic rings. The number of hydrogen-bond donors (Lipinski definition) is 0. The molecule has 29 heavy (non-hydrogen) atoms. The molecule has 2 fully saturated rings. The van der Waals surface area contributed by atoms with Crippen LogP contribution >= 0.6 is 0 Å².